The highest BCUT2D eigenvalue weighted by molar-refractivity contribution is 5.82. The summed E-state index contributed by atoms with van der Waals surface area (Å²) in [6, 6.07) is 2.75. The lowest BCUT2D eigenvalue weighted by Crippen LogP contribution is -2.06. The van der Waals surface area contributed by atoms with E-state index in [1.807, 2.05) is 6.92 Å². The molecular formula is C10H12FN3. The second-order valence-corrected chi connectivity index (χ2v) is 3.48. The molecule has 0 bridgehead atoms. The first-order valence-electron chi connectivity index (χ1n) is 4.46. The van der Waals surface area contributed by atoms with E-state index in [1.165, 1.54) is 12.1 Å². The zero-order chi connectivity index (χ0) is 10.3. The van der Waals surface area contributed by atoms with Gasteiger partial charge >= 0.3 is 0 Å². The third-order valence-electron chi connectivity index (χ3n) is 2.35. The van der Waals surface area contributed by atoms with Crippen LogP contribution in [-0.4, -0.2) is 9.78 Å². The van der Waals surface area contributed by atoms with Crippen molar-refractivity contribution in [2.45, 2.75) is 13.0 Å². The molecule has 1 aromatic carbocycles. The summed E-state index contributed by atoms with van der Waals surface area (Å²) < 4.78 is 14.9. The average Bonchev–Trinajstić information content (AvgIpc) is 2.47. The van der Waals surface area contributed by atoms with E-state index in [0.29, 0.717) is 0 Å². The van der Waals surface area contributed by atoms with Crippen LogP contribution < -0.4 is 5.73 Å². The minimum Gasteiger partial charge on any atom is -0.324 e. The molecule has 1 aromatic heterocycles. The number of rotatable bonds is 1. The Balaban J connectivity index is 2.82. The Bertz CT molecular complexity index is 473. The maximum absolute atomic E-state index is 13.2. The third-order valence-corrected chi connectivity index (χ3v) is 2.35. The van der Waals surface area contributed by atoms with Gasteiger partial charge in [-0.15, -0.1) is 0 Å². The molecule has 0 aliphatic heterocycles. The summed E-state index contributed by atoms with van der Waals surface area (Å²) >= 11 is 0. The number of benzene rings is 1. The summed E-state index contributed by atoms with van der Waals surface area (Å²) in [5.74, 6) is -0.270. The molecule has 0 saturated carbocycles. The van der Waals surface area contributed by atoms with E-state index in [-0.39, 0.29) is 11.9 Å². The Morgan fingerprint density at radius 2 is 2.21 bits per heavy atom. The number of aromatic nitrogens is 2. The van der Waals surface area contributed by atoms with Crippen molar-refractivity contribution in [3.05, 3.63) is 29.7 Å². The van der Waals surface area contributed by atoms with Crippen LogP contribution in [0.25, 0.3) is 10.9 Å². The molecule has 0 amide bonds. The molecule has 1 heterocycles. The van der Waals surface area contributed by atoms with Gasteiger partial charge in [0.15, 0.2) is 0 Å². The first-order valence-corrected chi connectivity index (χ1v) is 4.46. The molecule has 1 unspecified atom stereocenters. The van der Waals surface area contributed by atoms with Crippen molar-refractivity contribution in [3.8, 4) is 0 Å². The van der Waals surface area contributed by atoms with Crippen molar-refractivity contribution in [3.63, 3.8) is 0 Å². The molecule has 1 atom stereocenters. The van der Waals surface area contributed by atoms with Gasteiger partial charge in [0.25, 0.3) is 0 Å². The molecule has 4 heteroatoms. The highest BCUT2D eigenvalue weighted by atomic mass is 19.1. The van der Waals surface area contributed by atoms with Crippen molar-refractivity contribution in [1.29, 1.82) is 0 Å². The summed E-state index contributed by atoms with van der Waals surface area (Å²) in [6.07, 6.45) is 1.72. The Hall–Kier alpha value is -1.42. The molecule has 0 aliphatic carbocycles. The van der Waals surface area contributed by atoms with Gasteiger partial charge in [-0.05, 0) is 24.6 Å². The molecule has 0 spiro atoms. The zero-order valence-electron chi connectivity index (χ0n) is 8.16. The van der Waals surface area contributed by atoms with Crippen molar-refractivity contribution < 1.29 is 4.39 Å². The molecule has 0 fully saturated rings. The van der Waals surface area contributed by atoms with Gasteiger partial charge in [0.05, 0.1) is 11.7 Å². The van der Waals surface area contributed by atoms with Crippen LogP contribution >= 0.6 is 0 Å². The Morgan fingerprint density at radius 3 is 2.86 bits per heavy atom. The fourth-order valence-corrected chi connectivity index (χ4v) is 1.62. The van der Waals surface area contributed by atoms with Gasteiger partial charge in [0, 0.05) is 18.5 Å². The molecule has 0 saturated heterocycles. The zero-order valence-corrected chi connectivity index (χ0v) is 8.16. The van der Waals surface area contributed by atoms with E-state index < -0.39 is 0 Å². The standard InChI is InChI=1S/C10H12FN3/c1-6(12)8-3-7(11)4-10-9(8)5-13-14(10)2/h3-6H,12H2,1-2H3. The number of nitrogens with zero attached hydrogens (tertiary/aromatic N) is 2. The lowest BCUT2D eigenvalue weighted by Gasteiger charge is -2.07. The largest absolute Gasteiger partial charge is 0.324 e. The van der Waals surface area contributed by atoms with Gasteiger partial charge in [-0.2, -0.15) is 5.10 Å². The monoisotopic (exact) mass is 193 g/mol. The molecule has 2 rings (SSSR count). The van der Waals surface area contributed by atoms with Crippen LogP contribution in [0.2, 0.25) is 0 Å². The Kier molecular flexibility index (Phi) is 2.00. The highest BCUT2D eigenvalue weighted by Crippen LogP contribution is 2.23. The van der Waals surface area contributed by atoms with Crippen molar-refractivity contribution in [2.75, 3.05) is 0 Å². The summed E-state index contributed by atoms with van der Waals surface area (Å²) in [5.41, 5.74) is 7.33. The molecule has 74 valence electrons. The second kappa shape index (κ2) is 3.06. The predicted molar refractivity (Wildman–Crippen MR) is 53.3 cm³/mol. The van der Waals surface area contributed by atoms with Gasteiger partial charge < -0.3 is 5.73 Å². The molecule has 2 aromatic rings. The molecule has 3 nitrogen and oxygen atoms in total. The first kappa shape index (κ1) is 9.15. The van der Waals surface area contributed by atoms with Gasteiger partial charge in [0.1, 0.15) is 5.82 Å². The van der Waals surface area contributed by atoms with E-state index in [2.05, 4.69) is 5.10 Å². The van der Waals surface area contributed by atoms with E-state index in [0.717, 1.165) is 16.5 Å². The number of hydrogen-bond acceptors (Lipinski definition) is 2. The normalized spacial score (nSPS) is 13.4. The Morgan fingerprint density at radius 1 is 1.50 bits per heavy atom. The average molecular weight is 193 g/mol. The smallest absolute Gasteiger partial charge is 0.125 e. The number of aryl methyl sites for hydroxylation is 1. The predicted octanol–water partition coefficient (Wildman–Crippen LogP) is 1.73. The number of nitrogens with two attached hydrogens (primary N) is 1. The van der Waals surface area contributed by atoms with E-state index in [1.54, 1.807) is 17.9 Å². The minimum atomic E-state index is -0.270. The fraction of sp³-hybridized carbons (Fsp3) is 0.300. The topological polar surface area (TPSA) is 43.8 Å². The van der Waals surface area contributed by atoms with Gasteiger partial charge in [-0.3, -0.25) is 4.68 Å². The lowest BCUT2D eigenvalue weighted by molar-refractivity contribution is 0.623. The summed E-state index contributed by atoms with van der Waals surface area (Å²) in [7, 11) is 1.78. The van der Waals surface area contributed by atoms with E-state index >= 15 is 0 Å². The van der Waals surface area contributed by atoms with Crippen LogP contribution in [0.3, 0.4) is 0 Å². The maximum Gasteiger partial charge on any atom is 0.125 e. The Labute approximate surface area is 81.3 Å². The molecular weight excluding hydrogens is 181 g/mol. The van der Waals surface area contributed by atoms with E-state index in [4.69, 9.17) is 5.73 Å². The van der Waals surface area contributed by atoms with Gasteiger partial charge in [0.2, 0.25) is 0 Å². The third kappa shape index (κ3) is 1.28. The summed E-state index contributed by atoms with van der Waals surface area (Å²) in [5, 5.41) is 4.99. The second-order valence-electron chi connectivity index (χ2n) is 3.48. The van der Waals surface area contributed by atoms with Crippen LogP contribution in [0.15, 0.2) is 18.3 Å². The van der Waals surface area contributed by atoms with Crippen molar-refractivity contribution in [1.82, 2.24) is 9.78 Å². The van der Waals surface area contributed by atoms with Crippen molar-refractivity contribution in [2.24, 2.45) is 12.8 Å². The maximum atomic E-state index is 13.2. The fourth-order valence-electron chi connectivity index (χ4n) is 1.62. The SMILES string of the molecule is CC(N)c1cc(F)cc2c1cnn2C. The lowest BCUT2D eigenvalue weighted by atomic mass is 10.0. The van der Waals surface area contributed by atoms with Gasteiger partial charge in [-0.25, -0.2) is 4.39 Å². The van der Waals surface area contributed by atoms with Crippen LogP contribution in [0, 0.1) is 5.82 Å². The van der Waals surface area contributed by atoms with Crippen molar-refractivity contribution >= 4 is 10.9 Å². The van der Waals surface area contributed by atoms with Crippen LogP contribution in [-0.2, 0) is 7.05 Å². The minimum absolute atomic E-state index is 0.183. The van der Waals surface area contributed by atoms with Crippen LogP contribution in [0.1, 0.15) is 18.5 Å². The van der Waals surface area contributed by atoms with Gasteiger partial charge in [-0.1, -0.05) is 0 Å². The van der Waals surface area contributed by atoms with E-state index in [9.17, 15) is 4.39 Å². The summed E-state index contributed by atoms with van der Waals surface area (Å²) in [4.78, 5) is 0. The quantitative estimate of drug-likeness (QED) is 0.749. The van der Waals surface area contributed by atoms with Crippen LogP contribution in [0.5, 0.6) is 0 Å². The number of fused-ring (bicyclic) bond motifs is 1. The molecule has 2 N–H and O–H groups in total. The molecule has 0 radical (unpaired) electrons. The highest BCUT2D eigenvalue weighted by Gasteiger charge is 2.10. The number of halogens is 1. The first-order chi connectivity index (χ1) is 6.59. The molecule has 14 heavy (non-hydrogen) atoms. The number of hydrogen-bond donors (Lipinski definition) is 1. The molecule has 0 aliphatic rings. The van der Waals surface area contributed by atoms with Crippen LogP contribution in [0.4, 0.5) is 4.39 Å². The summed E-state index contributed by atoms with van der Waals surface area (Å²) in [6.45, 7) is 1.83.